The van der Waals surface area contributed by atoms with Crippen LogP contribution >= 0.6 is 0 Å². The third-order valence-electron chi connectivity index (χ3n) is 3.70. The first-order valence-electron chi connectivity index (χ1n) is 7.57. The van der Waals surface area contributed by atoms with Crippen LogP contribution in [0.3, 0.4) is 0 Å². The van der Waals surface area contributed by atoms with Gasteiger partial charge in [0.05, 0.1) is 16.2 Å². The summed E-state index contributed by atoms with van der Waals surface area (Å²) in [7, 11) is 0. The maximum absolute atomic E-state index is 12.2. The molecule has 0 unspecified atom stereocenters. The Morgan fingerprint density at radius 3 is 2.65 bits per heavy atom. The molecule has 128 valence electrons. The molecular weight excluding hydrogens is 338 g/mol. The van der Waals surface area contributed by atoms with Gasteiger partial charge in [0.1, 0.15) is 0 Å². The molecule has 0 saturated carbocycles. The monoisotopic (exact) mass is 349 g/mol. The van der Waals surface area contributed by atoms with Crippen molar-refractivity contribution in [2.24, 2.45) is 4.99 Å². The number of nitro benzene ring substituents is 1. The van der Waals surface area contributed by atoms with Gasteiger partial charge in [0, 0.05) is 18.3 Å². The van der Waals surface area contributed by atoms with E-state index in [2.05, 4.69) is 20.6 Å². The topological polar surface area (TPSA) is 123 Å². The summed E-state index contributed by atoms with van der Waals surface area (Å²) in [6, 6.07) is 12.9. The molecule has 1 amide bonds. The Bertz CT molecular complexity index is 1040. The van der Waals surface area contributed by atoms with E-state index in [1.807, 2.05) is 0 Å². The number of oxazole rings is 1. The molecule has 3 aromatic rings. The van der Waals surface area contributed by atoms with Crippen LogP contribution in [0, 0.1) is 10.1 Å². The van der Waals surface area contributed by atoms with Gasteiger partial charge in [-0.05, 0) is 29.8 Å². The van der Waals surface area contributed by atoms with Crippen molar-refractivity contribution in [1.82, 2.24) is 4.98 Å². The lowest BCUT2D eigenvalue weighted by molar-refractivity contribution is -0.384. The van der Waals surface area contributed by atoms with E-state index in [1.54, 1.807) is 36.4 Å². The van der Waals surface area contributed by atoms with Crippen molar-refractivity contribution in [1.29, 1.82) is 0 Å². The molecule has 2 N–H and O–H groups in total. The summed E-state index contributed by atoms with van der Waals surface area (Å²) in [5.41, 5.74) is 1.74. The summed E-state index contributed by atoms with van der Waals surface area (Å²) in [5.74, 6) is 0.204. The lowest BCUT2D eigenvalue weighted by Crippen LogP contribution is -2.10. The van der Waals surface area contributed by atoms with Gasteiger partial charge in [-0.1, -0.05) is 12.1 Å². The fourth-order valence-electron chi connectivity index (χ4n) is 2.43. The molecule has 9 heteroatoms. The molecule has 4 rings (SSSR count). The number of anilines is 3. The summed E-state index contributed by atoms with van der Waals surface area (Å²) in [6.07, 6.45) is 1.46. The molecule has 2 heterocycles. The molecule has 0 spiro atoms. The number of benzene rings is 2. The summed E-state index contributed by atoms with van der Waals surface area (Å²) in [6.45, 7) is 0. The first kappa shape index (κ1) is 15.5. The number of carbonyl (C=O) groups is 1. The molecule has 9 nitrogen and oxygen atoms in total. The number of non-ortho nitro benzene ring substituents is 1. The molecule has 0 atom stereocenters. The first-order chi connectivity index (χ1) is 12.6. The van der Waals surface area contributed by atoms with Gasteiger partial charge in [0.25, 0.3) is 11.6 Å². The zero-order valence-electron chi connectivity index (χ0n) is 13.2. The number of carbonyl (C=O) groups excluding carboxylic acids is 1. The van der Waals surface area contributed by atoms with Gasteiger partial charge in [0.2, 0.25) is 5.88 Å². The predicted molar refractivity (Wildman–Crippen MR) is 94.5 cm³/mol. The Kier molecular flexibility index (Phi) is 3.66. The molecule has 0 saturated heterocycles. The predicted octanol–water partition coefficient (Wildman–Crippen LogP) is 3.64. The van der Waals surface area contributed by atoms with Crippen LogP contribution in [0.4, 0.5) is 29.1 Å². The number of aromatic nitrogens is 1. The van der Waals surface area contributed by atoms with Crippen LogP contribution in [0.15, 0.2) is 57.9 Å². The number of aliphatic imine (C=N–C) groups is 1. The van der Waals surface area contributed by atoms with Gasteiger partial charge in [-0.2, -0.15) is 4.98 Å². The SMILES string of the molecule is O=C1Nc2oc(N=Cc3ccc([N+](=O)[O-])cc3)nc2Nc2ccccc21. The fourth-order valence-corrected chi connectivity index (χ4v) is 2.43. The molecule has 0 aliphatic carbocycles. The molecule has 2 aromatic carbocycles. The smallest absolute Gasteiger partial charge is 0.325 e. The van der Waals surface area contributed by atoms with Gasteiger partial charge >= 0.3 is 6.01 Å². The lowest BCUT2D eigenvalue weighted by atomic mass is 10.1. The Labute approximate surface area is 146 Å². The highest BCUT2D eigenvalue weighted by molar-refractivity contribution is 6.10. The number of para-hydroxylation sites is 1. The molecule has 0 fully saturated rings. The second-order valence-corrected chi connectivity index (χ2v) is 5.41. The molecule has 1 aliphatic heterocycles. The third-order valence-corrected chi connectivity index (χ3v) is 3.70. The molecule has 0 radical (unpaired) electrons. The van der Waals surface area contributed by atoms with Crippen LogP contribution in [0.2, 0.25) is 0 Å². The summed E-state index contributed by atoms with van der Waals surface area (Å²) < 4.78 is 5.46. The zero-order valence-corrected chi connectivity index (χ0v) is 13.2. The van der Waals surface area contributed by atoms with Gasteiger partial charge in [-0.3, -0.25) is 20.2 Å². The Morgan fingerprint density at radius 2 is 1.88 bits per heavy atom. The van der Waals surface area contributed by atoms with Gasteiger partial charge in [-0.15, -0.1) is 0 Å². The second kappa shape index (κ2) is 6.13. The highest BCUT2D eigenvalue weighted by Crippen LogP contribution is 2.34. The van der Waals surface area contributed by atoms with Crippen molar-refractivity contribution in [2.75, 3.05) is 10.6 Å². The van der Waals surface area contributed by atoms with E-state index in [0.29, 0.717) is 22.6 Å². The summed E-state index contributed by atoms with van der Waals surface area (Å²) >= 11 is 0. The lowest BCUT2D eigenvalue weighted by Gasteiger charge is -2.03. The third kappa shape index (κ3) is 2.88. The number of fused-ring (bicyclic) bond motifs is 2. The van der Waals surface area contributed by atoms with E-state index in [1.165, 1.54) is 18.3 Å². The maximum Gasteiger partial charge on any atom is 0.325 e. The molecule has 1 aromatic heterocycles. The fraction of sp³-hybridized carbons (Fsp3) is 0. The van der Waals surface area contributed by atoms with Gasteiger partial charge in [0.15, 0.2) is 5.82 Å². The van der Waals surface area contributed by atoms with Gasteiger partial charge < -0.3 is 9.73 Å². The second-order valence-electron chi connectivity index (χ2n) is 5.41. The number of nitrogens with one attached hydrogen (secondary N) is 2. The van der Waals surface area contributed by atoms with Crippen LogP contribution in [0.1, 0.15) is 15.9 Å². The van der Waals surface area contributed by atoms with Crippen molar-refractivity contribution in [3.8, 4) is 0 Å². The summed E-state index contributed by atoms with van der Waals surface area (Å²) in [5, 5.41) is 16.3. The van der Waals surface area contributed by atoms with E-state index >= 15 is 0 Å². The standard InChI is InChI=1S/C17H11N5O4/c23-15-12-3-1-2-4-13(12)19-14-16(21-15)26-17(20-14)18-9-10-5-7-11(8-6-10)22(24)25/h1-9,19H,(H,21,23). The molecule has 1 aliphatic rings. The normalized spacial score (nSPS) is 12.7. The highest BCUT2D eigenvalue weighted by Gasteiger charge is 2.23. The van der Waals surface area contributed by atoms with Crippen LogP contribution in [0.25, 0.3) is 0 Å². The summed E-state index contributed by atoms with van der Waals surface area (Å²) in [4.78, 5) is 30.7. The van der Waals surface area contributed by atoms with E-state index in [0.717, 1.165) is 0 Å². The van der Waals surface area contributed by atoms with Crippen molar-refractivity contribution < 1.29 is 14.1 Å². The van der Waals surface area contributed by atoms with E-state index in [9.17, 15) is 14.9 Å². The number of hydrogen-bond donors (Lipinski definition) is 2. The van der Waals surface area contributed by atoms with Crippen LogP contribution in [-0.4, -0.2) is 22.0 Å². The van der Waals surface area contributed by atoms with Crippen LogP contribution in [0.5, 0.6) is 0 Å². The van der Waals surface area contributed by atoms with E-state index < -0.39 is 4.92 Å². The minimum Gasteiger partial charge on any atom is -0.403 e. The average molecular weight is 349 g/mol. The molecule has 26 heavy (non-hydrogen) atoms. The average Bonchev–Trinajstić information content (AvgIpc) is 2.96. The number of rotatable bonds is 3. The number of nitro groups is 1. The Balaban J connectivity index is 1.59. The van der Waals surface area contributed by atoms with E-state index in [4.69, 9.17) is 4.42 Å². The zero-order chi connectivity index (χ0) is 18.1. The first-order valence-corrected chi connectivity index (χ1v) is 7.57. The Morgan fingerprint density at radius 1 is 1.12 bits per heavy atom. The largest absolute Gasteiger partial charge is 0.403 e. The maximum atomic E-state index is 12.2. The number of hydrogen-bond acceptors (Lipinski definition) is 7. The number of amides is 1. The highest BCUT2D eigenvalue weighted by atomic mass is 16.6. The molecular formula is C17H11N5O4. The minimum atomic E-state index is -0.474. The van der Waals surface area contributed by atoms with Crippen molar-refractivity contribution in [2.45, 2.75) is 0 Å². The number of nitrogens with zero attached hydrogens (tertiary/aromatic N) is 3. The van der Waals surface area contributed by atoms with Crippen molar-refractivity contribution >= 4 is 41.2 Å². The van der Waals surface area contributed by atoms with Crippen LogP contribution in [-0.2, 0) is 0 Å². The quantitative estimate of drug-likeness (QED) is 0.423. The van der Waals surface area contributed by atoms with Crippen molar-refractivity contribution in [3.63, 3.8) is 0 Å². The Hall–Kier alpha value is -4.01. The van der Waals surface area contributed by atoms with Crippen molar-refractivity contribution in [3.05, 3.63) is 69.8 Å². The minimum absolute atomic E-state index is 0.00411. The molecule has 0 bridgehead atoms. The van der Waals surface area contributed by atoms with Crippen LogP contribution < -0.4 is 10.6 Å². The van der Waals surface area contributed by atoms with Gasteiger partial charge in [-0.25, -0.2) is 4.99 Å². The van der Waals surface area contributed by atoms with E-state index in [-0.39, 0.29) is 23.5 Å².